The lowest BCUT2D eigenvalue weighted by molar-refractivity contribution is -0.138. The minimum Gasteiger partial charge on any atom is -0.368 e. The predicted molar refractivity (Wildman–Crippen MR) is 70.0 cm³/mol. The Balaban J connectivity index is 2.21. The van der Waals surface area contributed by atoms with Gasteiger partial charge in [0, 0.05) is 18.3 Å². The molecule has 1 heterocycles. The summed E-state index contributed by atoms with van der Waals surface area (Å²) in [7, 11) is 0. The Kier molecular flexibility index (Phi) is 3.78. The summed E-state index contributed by atoms with van der Waals surface area (Å²) in [5.74, 6) is 0.497. The van der Waals surface area contributed by atoms with E-state index in [1.807, 2.05) is 0 Å². The molecule has 4 nitrogen and oxygen atoms in total. The molecule has 106 valence electrons. The molecular weight excluding hydrogens is 269 g/mol. The molecule has 0 radical (unpaired) electrons. The average Bonchev–Trinajstić information content (AvgIpc) is 2.39. The van der Waals surface area contributed by atoms with E-state index in [0.717, 1.165) is 6.07 Å². The third-order valence-electron chi connectivity index (χ3n) is 2.76. The highest BCUT2D eigenvalue weighted by atomic mass is 19.4. The Bertz CT molecular complexity index is 611. The van der Waals surface area contributed by atoms with Crippen LogP contribution in [0.5, 0.6) is 0 Å². The number of nitrogens with two attached hydrogens (primary N) is 1. The fraction of sp³-hybridized carbons (Fsp3) is 0.231. The van der Waals surface area contributed by atoms with Gasteiger partial charge in [0.25, 0.3) is 0 Å². The third-order valence-corrected chi connectivity index (χ3v) is 2.76. The van der Waals surface area contributed by atoms with Crippen molar-refractivity contribution in [2.75, 3.05) is 11.1 Å². The lowest BCUT2D eigenvalue weighted by Gasteiger charge is -2.14. The van der Waals surface area contributed by atoms with Crippen molar-refractivity contribution < 1.29 is 13.2 Å². The number of benzene rings is 1. The van der Waals surface area contributed by atoms with Crippen molar-refractivity contribution in [2.24, 2.45) is 0 Å². The number of halogens is 3. The highest BCUT2D eigenvalue weighted by Gasteiger charge is 2.32. The molecule has 2 rings (SSSR count). The largest absolute Gasteiger partial charge is 0.416 e. The van der Waals surface area contributed by atoms with Gasteiger partial charge >= 0.3 is 6.18 Å². The molecule has 0 atom stereocenters. The van der Waals surface area contributed by atoms with E-state index < -0.39 is 11.7 Å². The number of rotatable bonds is 3. The molecule has 7 heteroatoms. The van der Waals surface area contributed by atoms with Crippen molar-refractivity contribution in [3.63, 3.8) is 0 Å². The maximum absolute atomic E-state index is 12.8. The van der Waals surface area contributed by atoms with E-state index in [1.165, 1.54) is 18.3 Å². The maximum atomic E-state index is 12.8. The SMILES string of the molecule is Cc1cnc(N)nc1NCc1ccccc1C(F)(F)F. The van der Waals surface area contributed by atoms with Gasteiger partial charge in [0.2, 0.25) is 5.95 Å². The second-order valence-electron chi connectivity index (χ2n) is 4.27. The van der Waals surface area contributed by atoms with Crippen LogP contribution in [-0.4, -0.2) is 9.97 Å². The molecule has 0 amide bonds. The van der Waals surface area contributed by atoms with Crippen molar-refractivity contribution in [1.29, 1.82) is 0 Å². The molecule has 2 aromatic rings. The van der Waals surface area contributed by atoms with Crippen LogP contribution in [0.25, 0.3) is 0 Å². The van der Waals surface area contributed by atoms with E-state index >= 15 is 0 Å². The van der Waals surface area contributed by atoms with Crippen LogP contribution < -0.4 is 11.1 Å². The minimum atomic E-state index is -4.38. The Morgan fingerprint density at radius 2 is 1.95 bits per heavy atom. The van der Waals surface area contributed by atoms with Crippen molar-refractivity contribution in [3.05, 3.63) is 47.2 Å². The second kappa shape index (κ2) is 5.36. The van der Waals surface area contributed by atoms with Gasteiger partial charge in [-0.3, -0.25) is 0 Å². The van der Waals surface area contributed by atoms with Crippen LogP contribution in [0, 0.1) is 6.92 Å². The molecule has 0 fully saturated rings. The smallest absolute Gasteiger partial charge is 0.368 e. The van der Waals surface area contributed by atoms with Gasteiger partial charge in [0.1, 0.15) is 5.82 Å². The van der Waals surface area contributed by atoms with E-state index in [4.69, 9.17) is 5.73 Å². The van der Waals surface area contributed by atoms with Crippen LogP contribution in [-0.2, 0) is 12.7 Å². The number of nitrogens with zero attached hydrogens (tertiary/aromatic N) is 2. The lowest BCUT2D eigenvalue weighted by Crippen LogP contribution is -2.13. The summed E-state index contributed by atoms with van der Waals surface area (Å²) >= 11 is 0. The molecule has 0 bridgehead atoms. The maximum Gasteiger partial charge on any atom is 0.416 e. The Morgan fingerprint density at radius 3 is 2.65 bits per heavy atom. The van der Waals surface area contributed by atoms with Crippen molar-refractivity contribution in [3.8, 4) is 0 Å². The van der Waals surface area contributed by atoms with Gasteiger partial charge in [0.15, 0.2) is 0 Å². The monoisotopic (exact) mass is 282 g/mol. The molecule has 3 N–H and O–H groups in total. The highest BCUT2D eigenvalue weighted by Crippen LogP contribution is 2.32. The van der Waals surface area contributed by atoms with E-state index in [1.54, 1.807) is 13.0 Å². The quantitative estimate of drug-likeness (QED) is 0.908. The summed E-state index contributed by atoms with van der Waals surface area (Å²) in [4.78, 5) is 7.75. The topological polar surface area (TPSA) is 63.8 Å². The van der Waals surface area contributed by atoms with Gasteiger partial charge in [-0.25, -0.2) is 4.98 Å². The summed E-state index contributed by atoms with van der Waals surface area (Å²) in [5.41, 5.74) is 5.65. The van der Waals surface area contributed by atoms with Crippen LogP contribution >= 0.6 is 0 Å². The lowest BCUT2D eigenvalue weighted by atomic mass is 10.1. The Labute approximate surface area is 113 Å². The first-order chi connectivity index (χ1) is 9.38. The van der Waals surface area contributed by atoms with Gasteiger partial charge in [-0.2, -0.15) is 18.2 Å². The van der Waals surface area contributed by atoms with Crippen LogP contribution in [0.3, 0.4) is 0 Å². The first-order valence-electron chi connectivity index (χ1n) is 5.86. The standard InChI is InChI=1S/C13H13F3N4/c1-8-6-19-12(17)20-11(8)18-7-9-4-2-3-5-10(9)13(14,15)16/h2-6H,7H2,1H3,(H3,17,18,19,20). The molecule has 0 aliphatic heterocycles. The summed E-state index contributed by atoms with van der Waals surface area (Å²) in [6.07, 6.45) is -2.86. The summed E-state index contributed by atoms with van der Waals surface area (Å²) < 4.78 is 38.5. The highest BCUT2D eigenvalue weighted by molar-refractivity contribution is 5.46. The van der Waals surface area contributed by atoms with Crippen molar-refractivity contribution in [2.45, 2.75) is 19.6 Å². The molecule has 0 saturated carbocycles. The zero-order valence-electron chi connectivity index (χ0n) is 10.7. The average molecular weight is 282 g/mol. The number of anilines is 2. The number of alkyl halides is 3. The molecule has 1 aromatic heterocycles. The molecule has 0 unspecified atom stereocenters. The van der Waals surface area contributed by atoms with Crippen LogP contribution in [0.1, 0.15) is 16.7 Å². The van der Waals surface area contributed by atoms with Crippen LogP contribution in [0.2, 0.25) is 0 Å². The molecule has 0 aliphatic rings. The van der Waals surface area contributed by atoms with E-state index in [0.29, 0.717) is 11.4 Å². The number of aryl methyl sites for hydroxylation is 1. The number of aromatic nitrogens is 2. The van der Waals surface area contributed by atoms with Crippen molar-refractivity contribution >= 4 is 11.8 Å². The van der Waals surface area contributed by atoms with E-state index in [-0.39, 0.29) is 18.1 Å². The Morgan fingerprint density at radius 1 is 1.25 bits per heavy atom. The normalized spacial score (nSPS) is 11.4. The van der Waals surface area contributed by atoms with Gasteiger partial charge in [0.05, 0.1) is 5.56 Å². The molecule has 1 aromatic carbocycles. The summed E-state index contributed by atoms with van der Waals surface area (Å²) in [6.45, 7) is 1.75. The molecule has 20 heavy (non-hydrogen) atoms. The van der Waals surface area contributed by atoms with Crippen LogP contribution in [0.4, 0.5) is 24.9 Å². The van der Waals surface area contributed by atoms with Gasteiger partial charge in [-0.05, 0) is 18.6 Å². The van der Waals surface area contributed by atoms with E-state index in [2.05, 4.69) is 15.3 Å². The number of nitrogen functional groups attached to an aromatic ring is 1. The number of hydrogen-bond acceptors (Lipinski definition) is 4. The third kappa shape index (κ3) is 3.17. The van der Waals surface area contributed by atoms with E-state index in [9.17, 15) is 13.2 Å². The number of hydrogen-bond donors (Lipinski definition) is 2. The van der Waals surface area contributed by atoms with Crippen LogP contribution in [0.15, 0.2) is 30.5 Å². The molecular formula is C13H13F3N4. The zero-order valence-corrected chi connectivity index (χ0v) is 10.7. The molecule has 0 aliphatic carbocycles. The zero-order chi connectivity index (χ0) is 14.8. The summed E-state index contributed by atoms with van der Waals surface area (Å²) in [5, 5.41) is 2.85. The number of nitrogens with one attached hydrogen (secondary N) is 1. The van der Waals surface area contributed by atoms with Gasteiger partial charge in [-0.1, -0.05) is 18.2 Å². The minimum absolute atomic E-state index is 0.00692. The molecule has 0 saturated heterocycles. The van der Waals surface area contributed by atoms with Gasteiger partial charge in [-0.15, -0.1) is 0 Å². The second-order valence-corrected chi connectivity index (χ2v) is 4.27. The van der Waals surface area contributed by atoms with Gasteiger partial charge < -0.3 is 11.1 Å². The van der Waals surface area contributed by atoms with Crippen molar-refractivity contribution in [1.82, 2.24) is 9.97 Å². The fourth-order valence-electron chi connectivity index (χ4n) is 1.76. The Hall–Kier alpha value is -2.31. The molecule has 0 spiro atoms. The predicted octanol–water partition coefficient (Wildman–Crippen LogP) is 3.00. The summed E-state index contributed by atoms with van der Waals surface area (Å²) in [6, 6.07) is 5.40. The fourth-order valence-corrected chi connectivity index (χ4v) is 1.76. The first kappa shape index (κ1) is 14.1. The first-order valence-corrected chi connectivity index (χ1v) is 5.86.